The number of aryl methyl sites for hydroxylation is 1. The molecule has 0 spiro atoms. The normalized spacial score (nSPS) is 12.1. The monoisotopic (exact) mass is 388 g/mol. The van der Waals surface area contributed by atoms with Gasteiger partial charge in [-0.25, -0.2) is 0 Å². The van der Waals surface area contributed by atoms with Crippen molar-refractivity contribution in [3.05, 3.63) is 77.4 Å². The summed E-state index contributed by atoms with van der Waals surface area (Å²) in [6.45, 7) is 5.23. The van der Waals surface area contributed by atoms with E-state index in [9.17, 15) is 30.3 Å². The number of aromatic hydroxyl groups is 1. The molecule has 2 aromatic carbocycles. The van der Waals surface area contributed by atoms with Crippen LogP contribution in [-0.2, 0) is 6.42 Å². The quantitative estimate of drug-likeness (QED) is 0.621. The number of aliphatic imine (C=N–C) groups is 1. The maximum Gasteiger partial charge on any atom is 0.324 e. The first-order valence-corrected chi connectivity index (χ1v) is 8.03. The number of phenolic OH excluding ortho intramolecular Hbond substituents is 1. The van der Waals surface area contributed by atoms with Gasteiger partial charge in [0.25, 0.3) is 11.4 Å². The lowest BCUT2D eigenvalue weighted by atomic mass is 9.94. The Bertz CT molecular complexity index is 966. The third-order valence-corrected chi connectivity index (χ3v) is 4.17. The summed E-state index contributed by atoms with van der Waals surface area (Å²) in [5.74, 6) is -1.21. The Morgan fingerprint density at radius 3 is 2.00 bits per heavy atom. The fraction of sp³-hybridized carbons (Fsp3) is 0.235. The standard InChI is InChI=1S/C11H13N.C6H3N3O7/c1-8-4-3-5-11-9(2)12-7-6-10(8)11;10-6-4(8(13)14)1-3(7(11)12)2-5(6)9(15)16/h3-5H,6-7H2,1-2H3;1-2,10H. The molecule has 1 heterocycles. The van der Waals surface area contributed by atoms with Gasteiger partial charge in [-0.2, -0.15) is 0 Å². The van der Waals surface area contributed by atoms with Crippen LogP contribution < -0.4 is 0 Å². The third kappa shape index (κ3) is 4.26. The average Bonchev–Trinajstić information content (AvgIpc) is 2.63. The van der Waals surface area contributed by atoms with Gasteiger partial charge in [0.05, 0.1) is 26.9 Å². The largest absolute Gasteiger partial charge is 0.497 e. The number of nitro groups is 3. The molecule has 1 aliphatic rings. The van der Waals surface area contributed by atoms with Crippen LogP contribution in [0, 0.1) is 37.3 Å². The molecular formula is C17H16N4O7. The highest BCUT2D eigenvalue weighted by atomic mass is 16.6. The van der Waals surface area contributed by atoms with Crippen LogP contribution in [0.4, 0.5) is 17.1 Å². The SMILES string of the molecule is CC1=NCCc2c(C)cccc21.O=[N+]([O-])c1cc([N+](=O)[O-])c(O)c([N+](=O)[O-])c1. The molecule has 0 unspecified atom stereocenters. The second kappa shape index (κ2) is 8.20. The predicted octanol–water partition coefficient (Wildman–Crippen LogP) is 3.48. The molecule has 0 aliphatic carbocycles. The Hall–Kier alpha value is -3.89. The van der Waals surface area contributed by atoms with Crippen LogP contribution in [-0.4, -0.2) is 32.1 Å². The van der Waals surface area contributed by atoms with Gasteiger partial charge < -0.3 is 5.11 Å². The molecule has 2 aromatic rings. The fourth-order valence-electron chi connectivity index (χ4n) is 2.77. The van der Waals surface area contributed by atoms with Crippen LogP contribution in [0.5, 0.6) is 5.75 Å². The molecule has 11 nitrogen and oxygen atoms in total. The van der Waals surface area contributed by atoms with Gasteiger partial charge >= 0.3 is 11.4 Å². The molecule has 3 rings (SSSR count). The molecule has 0 radical (unpaired) electrons. The molecule has 11 heteroatoms. The first-order valence-electron chi connectivity index (χ1n) is 8.03. The van der Waals surface area contributed by atoms with Crippen molar-refractivity contribution < 1.29 is 19.9 Å². The minimum Gasteiger partial charge on any atom is -0.497 e. The third-order valence-electron chi connectivity index (χ3n) is 4.17. The first kappa shape index (κ1) is 20.4. The van der Waals surface area contributed by atoms with Gasteiger partial charge in [0, 0.05) is 12.3 Å². The molecule has 0 saturated heterocycles. The van der Waals surface area contributed by atoms with E-state index in [-0.39, 0.29) is 0 Å². The number of benzene rings is 2. The van der Waals surface area contributed by atoms with Gasteiger partial charge in [-0.05, 0) is 37.0 Å². The van der Waals surface area contributed by atoms with Crippen molar-refractivity contribution >= 4 is 22.8 Å². The summed E-state index contributed by atoms with van der Waals surface area (Å²) in [7, 11) is 0. The molecule has 0 bridgehead atoms. The molecule has 1 aliphatic heterocycles. The highest BCUT2D eigenvalue weighted by Gasteiger charge is 2.30. The van der Waals surface area contributed by atoms with Crippen molar-refractivity contribution in [3.63, 3.8) is 0 Å². The van der Waals surface area contributed by atoms with Crippen molar-refractivity contribution in [2.75, 3.05) is 6.54 Å². The summed E-state index contributed by atoms with van der Waals surface area (Å²) >= 11 is 0. The zero-order valence-corrected chi connectivity index (χ0v) is 15.0. The van der Waals surface area contributed by atoms with Crippen LogP contribution in [0.15, 0.2) is 35.3 Å². The maximum absolute atomic E-state index is 10.4. The van der Waals surface area contributed by atoms with Crippen molar-refractivity contribution in [3.8, 4) is 5.75 Å². The van der Waals surface area contributed by atoms with E-state index in [0.29, 0.717) is 12.1 Å². The molecule has 0 aromatic heterocycles. The second-order valence-electron chi connectivity index (χ2n) is 5.92. The van der Waals surface area contributed by atoms with E-state index in [0.717, 1.165) is 13.0 Å². The molecular weight excluding hydrogens is 372 g/mol. The van der Waals surface area contributed by atoms with Crippen LogP contribution in [0.25, 0.3) is 0 Å². The van der Waals surface area contributed by atoms with Gasteiger partial charge in [-0.15, -0.1) is 0 Å². The maximum atomic E-state index is 10.4. The smallest absolute Gasteiger partial charge is 0.324 e. The predicted molar refractivity (Wildman–Crippen MR) is 100 cm³/mol. The van der Waals surface area contributed by atoms with Crippen LogP contribution in [0.2, 0.25) is 0 Å². The number of hydrogen-bond donors (Lipinski definition) is 1. The summed E-state index contributed by atoms with van der Waals surface area (Å²) in [4.78, 5) is 32.2. The number of rotatable bonds is 3. The van der Waals surface area contributed by atoms with Gasteiger partial charge in [-0.1, -0.05) is 18.2 Å². The van der Waals surface area contributed by atoms with Crippen molar-refractivity contribution in [1.82, 2.24) is 0 Å². The summed E-state index contributed by atoms with van der Waals surface area (Å²) in [5, 5.41) is 40.2. The lowest BCUT2D eigenvalue weighted by Crippen LogP contribution is -2.10. The number of fused-ring (bicyclic) bond motifs is 1. The fourth-order valence-corrected chi connectivity index (χ4v) is 2.77. The van der Waals surface area contributed by atoms with E-state index in [1.54, 1.807) is 0 Å². The summed E-state index contributed by atoms with van der Waals surface area (Å²) in [6, 6.07) is 7.35. The van der Waals surface area contributed by atoms with Crippen LogP contribution >= 0.6 is 0 Å². The van der Waals surface area contributed by atoms with Gasteiger partial charge in [0.2, 0.25) is 0 Å². The second-order valence-corrected chi connectivity index (χ2v) is 5.92. The van der Waals surface area contributed by atoms with E-state index >= 15 is 0 Å². The minimum absolute atomic E-state index is 0.447. The van der Waals surface area contributed by atoms with E-state index < -0.39 is 37.6 Å². The van der Waals surface area contributed by atoms with Crippen molar-refractivity contribution in [1.29, 1.82) is 0 Å². The highest BCUT2D eigenvalue weighted by molar-refractivity contribution is 6.01. The van der Waals surface area contributed by atoms with Crippen molar-refractivity contribution in [2.24, 2.45) is 4.99 Å². The topological polar surface area (TPSA) is 162 Å². The van der Waals surface area contributed by atoms with Gasteiger partial charge in [0.1, 0.15) is 0 Å². The average molecular weight is 388 g/mol. The van der Waals surface area contributed by atoms with Crippen LogP contribution in [0.3, 0.4) is 0 Å². The number of phenols is 1. The van der Waals surface area contributed by atoms with E-state index in [4.69, 9.17) is 5.11 Å². The number of hydrogen-bond acceptors (Lipinski definition) is 8. The molecule has 146 valence electrons. The first-order chi connectivity index (χ1) is 13.1. The summed E-state index contributed by atoms with van der Waals surface area (Å²) in [6.07, 6.45) is 1.11. The molecule has 1 N–H and O–H groups in total. The molecule has 0 atom stereocenters. The van der Waals surface area contributed by atoms with E-state index in [2.05, 4.69) is 37.0 Å². The zero-order valence-electron chi connectivity index (χ0n) is 15.0. The van der Waals surface area contributed by atoms with Gasteiger partial charge in [-0.3, -0.25) is 35.3 Å². The van der Waals surface area contributed by atoms with E-state index in [1.165, 1.54) is 22.4 Å². The molecule has 0 saturated carbocycles. The summed E-state index contributed by atoms with van der Waals surface area (Å²) in [5.41, 5.74) is 2.44. The number of non-ortho nitro benzene ring substituents is 1. The number of nitrogens with zero attached hydrogens (tertiary/aromatic N) is 4. The van der Waals surface area contributed by atoms with Crippen molar-refractivity contribution in [2.45, 2.75) is 20.3 Å². The molecule has 0 amide bonds. The zero-order chi connectivity index (χ0) is 21.0. The molecule has 28 heavy (non-hydrogen) atoms. The minimum atomic E-state index is -1.21. The van der Waals surface area contributed by atoms with E-state index in [1.807, 2.05) is 0 Å². The lowest BCUT2D eigenvalue weighted by molar-refractivity contribution is -0.404. The lowest BCUT2D eigenvalue weighted by Gasteiger charge is -2.15. The number of nitro benzene ring substituents is 3. The highest BCUT2D eigenvalue weighted by Crippen LogP contribution is 2.38. The Morgan fingerprint density at radius 2 is 1.54 bits per heavy atom. The summed E-state index contributed by atoms with van der Waals surface area (Å²) < 4.78 is 0. The van der Waals surface area contributed by atoms with Crippen LogP contribution in [0.1, 0.15) is 23.6 Å². The Balaban J connectivity index is 0.000000207. The Morgan fingerprint density at radius 1 is 0.964 bits per heavy atom. The Labute approximate surface area is 158 Å². The molecule has 0 fully saturated rings. The Kier molecular flexibility index (Phi) is 5.98. The van der Waals surface area contributed by atoms with Gasteiger partial charge in [0.15, 0.2) is 0 Å².